The normalized spacial score (nSPS) is 11.0. The summed E-state index contributed by atoms with van der Waals surface area (Å²) in [6.07, 6.45) is 1.71. The zero-order chi connectivity index (χ0) is 17.8. The lowest BCUT2D eigenvalue weighted by atomic mass is 10.2. The van der Waals surface area contributed by atoms with Crippen LogP contribution >= 0.6 is 0 Å². The van der Waals surface area contributed by atoms with E-state index < -0.39 is 4.92 Å². The maximum atomic E-state index is 10.7. The predicted octanol–water partition coefficient (Wildman–Crippen LogP) is 3.84. The van der Waals surface area contributed by atoms with Gasteiger partial charge >= 0.3 is 0 Å². The van der Waals surface area contributed by atoms with Gasteiger partial charge in [-0.3, -0.25) is 15.5 Å². The minimum Gasteiger partial charge on any atom is -0.278 e. The van der Waals surface area contributed by atoms with Crippen LogP contribution in [-0.4, -0.2) is 20.9 Å². The molecular formula is C18H17N5O2. The van der Waals surface area contributed by atoms with Gasteiger partial charge in [0, 0.05) is 17.7 Å². The monoisotopic (exact) mass is 335 g/mol. The second-order valence-electron chi connectivity index (χ2n) is 5.51. The minimum absolute atomic E-state index is 0.0466. The van der Waals surface area contributed by atoms with Crippen LogP contribution in [0.5, 0.6) is 0 Å². The Kier molecular flexibility index (Phi) is 4.56. The highest BCUT2D eigenvalue weighted by atomic mass is 16.6. The molecule has 7 heteroatoms. The van der Waals surface area contributed by atoms with Crippen LogP contribution in [-0.2, 0) is 0 Å². The van der Waals surface area contributed by atoms with Crippen LogP contribution in [0.15, 0.2) is 59.7 Å². The number of benzene rings is 2. The molecule has 0 saturated heterocycles. The van der Waals surface area contributed by atoms with Crippen LogP contribution in [0.3, 0.4) is 0 Å². The van der Waals surface area contributed by atoms with Gasteiger partial charge < -0.3 is 0 Å². The Hall–Kier alpha value is -3.48. The van der Waals surface area contributed by atoms with Gasteiger partial charge in [-0.2, -0.15) is 10.2 Å². The molecule has 25 heavy (non-hydrogen) atoms. The third kappa shape index (κ3) is 3.55. The van der Waals surface area contributed by atoms with E-state index in [-0.39, 0.29) is 5.69 Å². The molecule has 0 amide bonds. The Bertz CT molecular complexity index is 915. The van der Waals surface area contributed by atoms with E-state index in [2.05, 4.69) is 15.6 Å². The van der Waals surface area contributed by atoms with Crippen molar-refractivity contribution >= 4 is 17.6 Å². The highest BCUT2D eigenvalue weighted by Crippen LogP contribution is 2.17. The summed E-state index contributed by atoms with van der Waals surface area (Å²) < 4.78 is 1.88. The molecule has 0 atom stereocenters. The van der Waals surface area contributed by atoms with Crippen LogP contribution in [0.25, 0.3) is 5.69 Å². The maximum absolute atomic E-state index is 10.7. The summed E-state index contributed by atoms with van der Waals surface area (Å²) in [6, 6.07) is 16.0. The van der Waals surface area contributed by atoms with Gasteiger partial charge in [0.25, 0.3) is 5.69 Å². The molecule has 0 fully saturated rings. The minimum atomic E-state index is -0.433. The lowest BCUT2D eigenvalue weighted by Crippen LogP contribution is -1.99. The number of aromatic nitrogens is 2. The third-order valence-electron chi connectivity index (χ3n) is 3.81. The molecule has 1 heterocycles. The van der Waals surface area contributed by atoms with Crippen molar-refractivity contribution in [1.29, 1.82) is 0 Å². The number of rotatable bonds is 5. The van der Waals surface area contributed by atoms with Crippen molar-refractivity contribution < 1.29 is 4.92 Å². The van der Waals surface area contributed by atoms with Gasteiger partial charge in [0.2, 0.25) is 0 Å². The van der Waals surface area contributed by atoms with Crippen molar-refractivity contribution in [3.63, 3.8) is 0 Å². The second kappa shape index (κ2) is 6.96. The molecule has 3 aromatic rings. The average molecular weight is 335 g/mol. The molecule has 7 nitrogen and oxygen atoms in total. The topological polar surface area (TPSA) is 85.3 Å². The number of nitro groups is 1. The standard InChI is InChI=1S/C18H17N5O2/c1-13-18(14(2)22(21-13)16-6-4-3-5-7-16)12-19-20-15-8-10-17(11-9-15)23(24)25/h3-12,20H,1-2H3/b19-12+. The van der Waals surface area contributed by atoms with Gasteiger partial charge in [0.1, 0.15) is 0 Å². The van der Waals surface area contributed by atoms with E-state index in [0.717, 1.165) is 22.6 Å². The van der Waals surface area contributed by atoms with E-state index in [1.54, 1.807) is 18.3 Å². The molecule has 1 aromatic heterocycles. The van der Waals surface area contributed by atoms with E-state index in [0.29, 0.717) is 5.69 Å². The number of aryl methyl sites for hydroxylation is 1. The summed E-state index contributed by atoms with van der Waals surface area (Å²) in [5.41, 5.74) is 7.37. The largest absolute Gasteiger partial charge is 0.278 e. The van der Waals surface area contributed by atoms with Gasteiger partial charge in [-0.25, -0.2) is 4.68 Å². The van der Waals surface area contributed by atoms with Crippen LogP contribution in [0.2, 0.25) is 0 Å². The number of hydrogen-bond donors (Lipinski definition) is 1. The van der Waals surface area contributed by atoms with E-state index in [9.17, 15) is 10.1 Å². The molecule has 2 aromatic carbocycles. The fourth-order valence-corrected chi connectivity index (χ4v) is 2.49. The number of nitro benzene ring substituents is 1. The summed E-state index contributed by atoms with van der Waals surface area (Å²) in [4.78, 5) is 10.2. The smallest absolute Gasteiger partial charge is 0.269 e. The molecule has 3 rings (SSSR count). The number of non-ortho nitro benzene ring substituents is 1. The molecule has 0 aliphatic carbocycles. The second-order valence-corrected chi connectivity index (χ2v) is 5.51. The molecule has 0 aliphatic rings. The number of para-hydroxylation sites is 1. The first kappa shape index (κ1) is 16.4. The lowest BCUT2D eigenvalue weighted by Gasteiger charge is -2.03. The summed E-state index contributed by atoms with van der Waals surface area (Å²) >= 11 is 0. The fraction of sp³-hybridized carbons (Fsp3) is 0.111. The van der Waals surface area contributed by atoms with Gasteiger partial charge in [-0.05, 0) is 38.1 Å². The van der Waals surface area contributed by atoms with Crippen molar-refractivity contribution in [3.05, 3.63) is 81.7 Å². The highest BCUT2D eigenvalue weighted by molar-refractivity contribution is 5.83. The first-order valence-corrected chi connectivity index (χ1v) is 7.71. The summed E-state index contributed by atoms with van der Waals surface area (Å²) in [7, 11) is 0. The predicted molar refractivity (Wildman–Crippen MR) is 97.4 cm³/mol. The highest BCUT2D eigenvalue weighted by Gasteiger charge is 2.10. The van der Waals surface area contributed by atoms with Gasteiger partial charge in [0.15, 0.2) is 0 Å². The van der Waals surface area contributed by atoms with Crippen LogP contribution in [0.4, 0.5) is 11.4 Å². The SMILES string of the molecule is Cc1nn(-c2ccccc2)c(C)c1/C=N/Nc1ccc([N+](=O)[O-])cc1. The molecule has 1 N–H and O–H groups in total. The Morgan fingerprint density at radius 2 is 1.80 bits per heavy atom. The van der Waals surface area contributed by atoms with Crippen molar-refractivity contribution in [1.82, 2.24) is 9.78 Å². The van der Waals surface area contributed by atoms with Crippen LogP contribution in [0, 0.1) is 24.0 Å². The van der Waals surface area contributed by atoms with Gasteiger partial charge in [-0.15, -0.1) is 0 Å². The van der Waals surface area contributed by atoms with Crippen molar-refractivity contribution in [2.45, 2.75) is 13.8 Å². The van der Waals surface area contributed by atoms with E-state index in [1.165, 1.54) is 12.1 Å². The van der Waals surface area contributed by atoms with Crippen LogP contribution < -0.4 is 5.43 Å². The number of anilines is 1. The molecule has 0 saturated carbocycles. The Labute approximate surface area is 144 Å². The van der Waals surface area contributed by atoms with E-state index >= 15 is 0 Å². The molecule has 0 bridgehead atoms. The molecule has 0 unspecified atom stereocenters. The lowest BCUT2D eigenvalue weighted by molar-refractivity contribution is -0.384. The number of nitrogens with zero attached hydrogens (tertiary/aromatic N) is 4. The third-order valence-corrected chi connectivity index (χ3v) is 3.81. The number of hydrazone groups is 1. The van der Waals surface area contributed by atoms with Crippen molar-refractivity contribution in [3.8, 4) is 5.69 Å². The average Bonchev–Trinajstić information content (AvgIpc) is 2.91. The Morgan fingerprint density at radius 1 is 1.12 bits per heavy atom. The van der Waals surface area contributed by atoms with Gasteiger partial charge in [-0.1, -0.05) is 18.2 Å². The Morgan fingerprint density at radius 3 is 2.44 bits per heavy atom. The number of nitrogens with one attached hydrogen (secondary N) is 1. The molecule has 126 valence electrons. The summed E-state index contributed by atoms with van der Waals surface area (Å²) in [5.74, 6) is 0. The molecule has 0 spiro atoms. The van der Waals surface area contributed by atoms with Crippen LogP contribution in [0.1, 0.15) is 17.0 Å². The Balaban J connectivity index is 1.78. The van der Waals surface area contributed by atoms with Crippen molar-refractivity contribution in [2.24, 2.45) is 5.10 Å². The van der Waals surface area contributed by atoms with E-state index in [4.69, 9.17) is 0 Å². The van der Waals surface area contributed by atoms with Gasteiger partial charge in [0.05, 0.1) is 33.9 Å². The zero-order valence-corrected chi connectivity index (χ0v) is 13.9. The quantitative estimate of drug-likeness (QED) is 0.436. The zero-order valence-electron chi connectivity index (χ0n) is 13.9. The fourth-order valence-electron chi connectivity index (χ4n) is 2.49. The maximum Gasteiger partial charge on any atom is 0.269 e. The first-order valence-electron chi connectivity index (χ1n) is 7.71. The summed E-state index contributed by atoms with van der Waals surface area (Å²) in [5, 5.41) is 19.4. The number of hydrogen-bond acceptors (Lipinski definition) is 5. The summed E-state index contributed by atoms with van der Waals surface area (Å²) in [6.45, 7) is 3.92. The molecule has 0 radical (unpaired) electrons. The van der Waals surface area contributed by atoms with Crippen molar-refractivity contribution in [2.75, 3.05) is 5.43 Å². The first-order chi connectivity index (χ1) is 12.1. The molecule has 0 aliphatic heterocycles. The van der Waals surface area contributed by atoms with E-state index in [1.807, 2.05) is 48.9 Å². The molecular weight excluding hydrogens is 318 g/mol.